The van der Waals surface area contributed by atoms with Crippen LogP contribution in [0.15, 0.2) is 53.4 Å². The summed E-state index contributed by atoms with van der Waals surface area (Å²) in [4.78, 5) is 17.1. The van der Waals surface area contributed by atoms with Gasteiger partial charge in [0.15, 0.2) is 11.5 Å². The molecule has 0 spiro atoms. The second-order valence-electron chi connectivity index (χ2n) is 7.23. The molecule has 29 heavy (non-hydrogen) atoms. The van der Waals surface area contributed by atoms with Gasteiger partial charge in [0.2, 0.25) is 0 Å². The minimum Gasteiger partial charge on any atom is -0.487 e. The van der Waals surface area contributed by atoms with Crippen molar-refractivity contribution in [1.29, 1.82) is 0 Å². The van der Waals surface area contributed by atoms with Crippen molar-refractivity contribution in [3.8, 4) is 17.2 Å². The summed E-state index contributed by atoms with van der Waals surface area (Å²) in [5, 5.41) is 5.03. The lowest BCUT2D eigenvalue weighted by Crippen LogP contribution is -2.41. The second kappa shape index (κ2) is 8.13. The Kier molecular flexibility index (Phi) is 5.40. The molecule has 0 saturated heterocycles. The molecule has 1 N–H and O–H groups in total. The molecule has 6 nitrogen and oxygen atoms in total. The summed E-state index contributed by atoms with van der Waals surface area (Å²) < 4.78 is 17.0. The number of ether oxygens (including phenoxy) is 3. The molecule has 1 aliphatic heterocycles. The Morgan fingerprint density at radius 2 is 2.00 bits per heavy atom. The van der Waals surface area contributed by atoms with Crippen LogP contribution in [0.5, 0.6) is 17.2 Å². The molecule has 4 rings (SSSR count). The van der Waals surface area contributed by atoms with Gasteiger partial charge < -0.3 is 19.5 Å². The van der Waals surface area contributed by atoms with Crippen LogP contribution in [0.1, 0.15) is 35.5 Å². The molecule has 1 aromatic heterocycles. The van der Waals surface area contributed by atoms with Crippen LogP contribution in [0.3, 0.4) is 0 Å². The molecule has 0 fully saturated rings. The maximum Gasteiger partial charge on any atom is 0.252 e. The van der Waals surface area contributed by atoms with Gasteiger partial charge in [0.25, 0.3) is 5.91 Å². The topological polar surface area (TPSA) is 69.7 Å². The van der Waals surface area contributed by atoms with Crippen molar-refractivity contribution in [3.05, 3.63) is 70.2 Å². The first-order valence-corrected chi connectivity index (χ1v) is 10.3. The van der Waals surface area contributed by atoms with Crippen molar-refractivity contribution < 1.29 is 19.0 Å². The molecular formula is C22H22N2O4S. The van der Waals surface area contributed by atoms with E-state index in [1.165, 1.54) is 11.3 Å². The first kappa shape index (κ1) is 19.3. The Balaban J connectivity index is 1.46. The lowest BCUT2D eigenvalue weighted by molar-refractivity contribution is 0.0911. The summed E-state index contributed by atoms with van der Waals surface area (Å²) in [5.41, 5.74) is 3.51. The SMILES string of the molecule is CC(C)(NC(=O)c1cccc(OCc2cscn2)c1)c1ccc2c(c1)OCCO2. The van der Waals surface area contributed by atoms with Crippen molar-refractivity contribution in [3.63, 3.8) is 0 Å². The van der Waals surface area contributed by atoms with Gasteiger partial charge in [-0.25, -0.2) is 4.98 Å². The number of aromatic nitrogens is 1. The van der Waals surface area contributed by atoms with Gasteiger partial charge in [-0.1, -0.05) is 12.1 Å². The number of hydrogen-bond acceptors (Lipinski definition) is 6. The number of amides is 1. The molecule has 1 aliphatic rings. The molecule has 0 radical (unpaired) electrons. The van der Waals surface area contributed by atoms with E-state index in [9.17, 15) is 4.79 Å². The summed E-state index contributed by atoms with van der Waals surface area (Å²) >= 11 is 1.52. The number of hydrogen-bond donors (Lipinski definition) is 1. The van der Waals surface area contributed by atoms with E-state index in [0.29, 0.717) is 36.9 Å². The van der Waals surface area contributed by atoms with Crippen LogP contribution in [0.25, 0.3) is 0 Å². The zero-order valence-corrected chi connectivity index (χ0v) is 17.1. The van der Waals surface area contributed by atoms with Crippen LogP contribution in [-0.4, -0.2) is 24.1 Å². The minimum atomic E-state index is -0.593. The van der Waals surface area contributed by atoms with E-state index in [4.69, 9.17) is 14.2 Å². The van der Waals surface area contributed by atoms with E-state index < -0.39 is 5.54 Å². The Morgan fingerprint density at radius 1 is 1.17 bits per heavy atom. The van der Waals surface area contributed by atoms with E-state index in [-0.39, 0.29) is 5.91 Å². The third kappa shape index (κ3) is 4.51. The third-order valence-corrected chi connectivity index (χ3v) is 5.29. The van der Waals surface area contributed by atoms with Crippen LogP contribution in [0.2, 0.25) is 0 Å². The van der Waals surface area contributed by atoms with Gasteiger partial charge in [0.1, 0.15) is 25.6 Å². The van der Waals surface area contributed by atoms with Crippen LogP contribution < -0.4 is 19.5 Å². The largest absolute Gasteiger partial charge is 0.487 e. The van der Waals surface area contributed by atoms with Gasteiger partial charge in [-0.15, -0.1) is 11.3 Å². The fourth-order valence-corrected chi connectivity index (χ4v) is 3.60. The predicted molar refractivity (Wildman–Crippen MR) is 111 cm³/mol. The average molecular weight is 410 g/mol. The van der Waals surface area contributed by atoms with E-state index in [0.717, 1.165) is 17.0 Å². The maximum atomic E-state index is 12.9. The average Bonchev–Trinajstić information content (AvgIpc) is 3.25. The monoisotopic (exact) mass is 410 g/mol. The molecule has 0 atom stereocenters. The number of carbonyl (C=O) groups excluding carboxylic acids is 1. The smallest absolute Gasteiger partial charge is 0.252 e. The highest BCUT2D eigenvalue weighted by Gasteiger charge is 2.26. The molecule has 3 aromatic rings. The quantitative estimate of drug-likeness (QED) is 0.661. The van der Waals surface area contributed by atoms with E-state index >= 15 is 0 Å². The molecule has 2 aromatic carbocycles. The lowest BCUT2D eigenvalue weighted by atomic mass is 9.93. The summed E-state index contributed by atoms with van der Waals surface area (Å²) in [6.07, 6.45) is 0. The first-order valence-electron chi connectivity index (χ1n) is 9.34. The fourth-order valence-electron chi connectivity index (χ4n) is 3.05. The van der Waals surface area contributed by atoms with Crippen molar-refractivity contribution >= 4 is 17.2 Å². The Bertz CT molecular complexity index is 1000. The van der Waals surface area contributed by atoms with Crippen LogP contribution in [-0.2, 0) is 12.1 Å². The highest BCUT2D eigenvalue weighted by atomic mass is 32.1. The highest BCUT2D eigenvalue weighted by molar-refractivity contribution is 7.07. The van der Waals surface area contributed by atoms with Crippen molar-refractivity contribution in [2.45, 2.75) is 26.0 Å². The van der Waals surface area contributed by atoms with Gasteiger partial charge in [0.05, 0.1) is 16.7 Å². The molecule has 0 saturated carbocycles. The highest BCUT2D eigenvalue weighted by Crippen LogP contribution is 2.34. The number of fused-ring (bicyclic) bond motifs is 1. The Hall–Kier alpha value is -3.06. The number of nitrogens with one attached hydrogen (secondary N) is 1. The van der Waals surface area contributed by atoms with Gasteiger partial charge in [0, 0.05) is 10.9 Å². The lowest BCUT2D eigenvalue weighted by Gasteiger charge is -2.29. The predicted octanol–water partition coefficient (Wildman–Crippen LogP) is 4.16. The van der Waals surface area contributed by atoms with Gasteiger partial charge in [-0.2, -0.15) is 0 Å². The van der Waals surface area contributed by atoms with Crippen LogP contribution in [0.4, 0.5) is 0 Å². The zero-order valence-electron chi connectivity index (χ0n) is 16.3. The van der Waals surface area contributed by atoms with E-state index in [1.807, 2.05) is 49.6 Å². The molecule has 0 bridgehead atoms. The Labute approximate surface area is 173 Å². The number of carbonyl (C=O) groups is 1. The van der Waals surface area contributed by atoms with E-state index in [1.54, 1.807) is 17.6 Å². The molecule has 0 aliphatic carbocycles. The minimum absolute atomic E-state index is 0.177. The van der Waals surface area contributed by atoms with Crippen LogP contribution in [0, 0.1) is 0 Å². The van der Waals surface area contributed by atoms with Gasteiger partial charge >= 0.3 is 0 Å². The maximum absolute atomic E-state index is 12.9. The molecule has 2 heterocycles. The Morgan fingerprint density at radius 3 is 2.79 bits per heavy atom. The molecular weight excluding hydrogens is 388 g/mol. The molecule has 7 heteroatoms. The van der Waals surface area contributed by atoms with Crippen LogP contribution >= 0.6 is 11.3 Å². The summed E-state index contributed by atoms with van der Waals surface area (Å²) in [5.74, 6) is 1.88. The van der Waals surface area contributed by atoms with Crippen molar-refractivity contribution in [2.75, 3.05) is 13.2 Å². The van der Waals surface area contributed by atoms with Crippen molar-refractivity contribution in [1.82, 2.24) is 10.3 Å². The zero-order chi connectivity index (χ0) is 20.3. The van der Waals surface area contributed by atoms with E-state index in [2.05, 4.69) is 10.3 Å². The standard InChI is InChI=1S/C22H22N2O4S/c1-22(2,16-6-7-19-20(11-16)27-9-8-26-19)24-21(25)15-4-3-5-18(10-15)28-12-17-13-29-14-23-17/h3-7,10-11,13-14H,8-9,12H2,1-2H3,(H,24,25). The number of thiazole rings is 1. The molecule has 1 amide bonds. The molecule has 0 unspecified atom stereocenters. The number of rotatable bonds is 6. The normalized spacial score (nSPS) is 13.0. The summed E-state index contributed by atoms with van der Waals surface area (Å²) in [7, 11) is 0. The third-order valence-electron chi connectivity index (χ3n) is 4.66. The number of benzene rings is 2. The van der Waals surface area contributed by atoms with Crippen molar-refractivity contribution in [2.24, 2.45) is 0 Å². The second-order valence-corrected chi connectivity index (χ2v) is 7.95. The molecule has 150 valence electrons. The fraction of sp³-hybridized carbons (Fsp3) is 0.273. The first-order chi connectivity index (χ1) is 14.0. The number of nitrogens with zero attached hydrogens (tertiary/aromatic N) is 1. The van der Waals surface area contributed by atoms with Gasteiger partial charge in [-0.3, -0.25) is 4.79 Å². The summed E-state index contributed by atoms with van der Waals surface area (Å²) in [6, 6.07) is 12.9. The summed E-state index contributed by atoms with van der Waals surface area (Å²) in [6.45, 7) is 5.36. The van der Waals surface area contributed by atoms with Gasteiger partial charge in [-0.05, 0) is 49.7 Å².